The molecular formula is C26H35N5O3S. The van der Waals surface area contributed by atoms with Crippen LogP contribution in [0.3, 0.4) is 0 Å². The van der Waals surface area contributed by atoms with Gasteiger partial charge in [0.15, 0.2) is 10.6 Å². The quantitative estimate of drug-likeness (QED) is 0.591. The van der Waals surface area contributed by atoms with Crippen LogP contribution < -0.4 is 0 Å². The van der Waals surface area contributed by atoms with Gasteiger partial charge >= 0.3 is 0 Å². The molecule has 0 N–H and O–H groups in total. The van der Waals surface area contributed by atoms with Crippen LogP contribution in [-0.4, -0.2) is 101 Å². The lowest BCUT2D eigenvalue weighted by Crippen LogP contribution is -2.42. The molecule has 0 radical (unpaired) electrons. The van der Waals surface area contributed by atoms with Crippen molar-refractivity contribution in [1.82, 2.24) is 24.5 Å². The SMILES string of the molecule is O=C(c1nn([C@H]2CCCN(CCN3CCCC3)C2)c2c1C[S+]([O-])c1ccccc1-2)N1CCOCC1. The van der Waals surface area contributed by atoms with Crippen LogP contribution in [0.15, 0.2) is 29.2 Å². The Bertz CT molecular complexity index is 1060. The van der Waals surface area contributed by atoms with Gasteiger partial charge in [0.25, 0.3) is 5.91 Å². The molecule has 35 heavy (non-hydrogen) atoms. The first-order valence-electron chi connectivity index (χ1n) is 13.1. The zero-order valence-corrected chi connectivity index (χ0v) is 21.2. The number of hydrogen-bond acceptors (Lipinski definition) is 6. The maximum Gasteiger partial charge on any atom is 0.275 e. The van der Waals surface area contributed by atoms with Crippen molar-refractivity contribution in [2.24, 2.45) is 0 Å². The largest absolute Gasteiger partial charge is 0.611 e. The van der Waals surface area contributed by atoms with E-state index in [0.29, 0.717) is 37.8 Å². The van der Waals surface area contributed by atoms with E-state index in [0.717, 1.165) is 60.7 Å². The van der Waals surface area contributed by atoms with Crippen LogP contribution in [0.2, 0.25) is 0 Å². The van der Waals surface area contributed by atoms with Gasteiger partial charge in [-0.1, -0.05) is 12.1 Å². The maximum absolute atomic E-state index is 13.6. The van der Waals surface area contributed by atoms with Crippen LogP contribution in [-0.2, 0) is 21.7 Å². The number of ether oxygens (including phenoxy) is 1. The zero-order valence-electron chi connectivity index (χ0n) is 20.4. The van der Waals surface area contributed by atoms with E-state index in [1.165, 1.54) is 25.9 Å². The minimum Gasteiger partial charge on any atom is -0.611 e. The fraction of sp³-hybridized carbons (Fsp3) is 0.615. The van der Waals surface area contributed by atoms with Gasteiger partial charge in [0.1, 0.15) is 5.75 Å². The van der Waals surface area contributed by atoms with Crippen LogP contribution in [0.1, 0.15) is 47.8 Å². The Morgan fingerprint density at radius 3 is 2.60 bits per heavy atom. The van der Waals surface area contributed by atoms with Gasteiger partial charge in [0, 0.05) is 32.7 Å². The number of hydrogen-bond donors (Lipinski definition) is 0. The van der Waals surface area contributed by atoms with E-state index in [9.17, 15) is 9.35 Å². The summed E-state index contributed by atoms with van der Waals surface area (Å²) in [5, 5.41) is 5.01. The summed E-state index contributed by atoms with van der Waals surface area (Å²) in [6.45, 7) is 8.99. The van der Waals surface area contributed by atoms with Gasteiger partial charge in [0.05, 0.1) is 36.1 Å². The van der Waals surface area contributed by atoms with Gasteiger partial charge in [0.2, 0.25) is 0 Å². The molecule has 5 heterocycles. The molecule has 0 bridgehead atoms. The summed E-state index contributed by atoms with van der Waals surface area (Å²) in [6.07, 6.45) is 4.82. The van der Waals surface area contributed by atoms with Gasteiger partial charge in [-0.3, -0.25) is 14.4 Å². The molecule has 1 unspecified atom stereocenters. The molecule has 188 valence electrons. The maximum atomic E-state index is 13.6. The summed E-state index contributed by atoms with van der Waals surface area (Å²) < 4.78 is 20.7. The summed E-state index contributed by atoms with van der Waals surface area (Å²) in [5.41, 5.74) is 3.31. The molecule has 8 nitrogen and oxygen atoms in total. The first-order chi connectivity index (χ1) is 17.2. The Morgan fingerprint density at radius 1 is 1.03 bits per heavy atom. The van der Waals surface area contributed by atoms with E-state index < -0.39 is 11.2 Å². The lowest BCUT2D eigenvalue weighted by molar-refractivity contribution is 0.0297. The van der Waals surface area contributed by atoms with Gasteiger partial charge < -0.3 is 19.1 Å². The third-order valence-electron chi connectivity index (χ3n) is 7.93. The molecule has 0 spiro atoms. The van der Waals surface area contributed by atoms with E-state index in [1.807, 2.05) is 29.2 Å². The Kier molecular flexibility index (Phi) is 6.86. The molecule has 1 aromatic heterocycles. The molecule has 2 atom stereocenters. The van der Waals surface area contributed by atoms with Gasteiger partial charge in [-0.2, -0.15) is 5.10 Å². The fourth-order valence-electron chi connectivity index (χ4n) is 6.04. The summed E-state index contributed by atoms with van der Waals surface area (Å²) >= 11 is -1.18. The molecule has 6 rings (SSSR count). The van der Waals surface area contributed by atoms with E-state index in [4.69, 9.17) is 9.84 Å². The lowest BCUT2D eigenvalue weighted by atomic mass is 10.0. The molecule has 1 amide bonds. The third kappa shape index (κ3) is 4.64. The normalized spacial score (nSPS) is 25.5. The average molecular weight is 498 g/mol. The van der Waals surface area contributed by atoms with E-state index in [1.54, 1.807) is 0 Å². The number of morpholine rings is 1. The van der Waals surface area contributed by atoms with Crippen LogP contribution in [0.4, 0.5) is 0 Å². The average Bonchev–Trinajstić information content (AvgIpc) is 3.56. The second kappa shape index (κ2) is 10.2. The number of benzene rings is 1. The number of nitrogens with zero attached hydrogens (tertiary/aromatic N) is 5. The summed E-state index contributed by atoms with van der Waals surface area (Å²) in [5.74, 6) is 0.296. The predicted molar refractivity (Wildman–Crippen MR) is 135 cm³/mol. The molecule has 0 saturated carbocycles. The number of carbonyl (C=O) groups is 1. The number of fused-ring (bicyclic) bond motifs is 3. The summed E-state index contributed by atoms with van der Waals surface area (Å²) in [4.78, 5) is 21.4. The van der Waals surface area contributed by atoms with Gasteiger partial charge in [-0.25, -0.2) is 0 Å². The van der Waals surface area contributed by atoms with Crippen molar-refractivity contribution < 1.29 is 14.1 Å². The van der Waals surface area contributed by atoms with Crippen LogP contribution in [0.25, 0.3) is 11.3 Å². The molecule has 0 aliphatic carbocycles. The van der Waals surface area contributed by atoms with E-state index in [2.05, 4.69) is 14.5 Å². The van der Waals surface area contributed by atoms with Crippen molar-refractivity contribution in [2.75, 3.05) is 65.6 Å². The van der Waals surface area contributed by atoms with Crippen molar-refractivity contribution in [3.05, 3.63) is 35.5 Å². The Morgan fingerprint density at radius 2 is 1.77 bits per heavy atom. The number of rotatable bonds is 5. The minimum atomic E-state index is -1.18. The monoisotopic (exact) mass is 497 g/mol. The van der Waals surface area contributed by atoms with E-state index in [-0.39, 0.29) is 11.9 Å². The molecule has 9 heteroatoms. The smallest absolute Gasteiger partial charge is 0.275 e. The summed E-state index contributed by atoms with van der Waals surface area (Å²) in [6, 6.07) is 8.15. The van der Waals surface area contributed by atoms with Crippen molar-refractivity contribution in [1.29, 1.82) is 0 Å². The van der Waals surface area contributed by atoms with Crippen LogP contribution in [0.5, 0.6) is 0 Å². The van der Waals surface area contributed by atoms with E-state index >= 15 is 0 Å². The molecule has 4 aliphatic rings. The highest BCUT2D eigenvalue weighted by molar-refractivity contribution is 7.90. The lowest BCUT2D eigenvalue weighted by Gasteiger charge is -2.35. The van der Waals surface area contributed by atoms with Crippen LogP contribution in [0, 0.1) is 0 Å². The number of likely N-dealkylation sites (tertiary alicyclic amines) is 2. The molecule has 1 aromatic carbocycles. The van der Waals surface area contributed by atoms with Crippen molar-refractivity contribution >= 4 is 17.1 Å². The number of piperidine rings is 1. The van der Waals surface area contributed by atoms with Gasteiger partial charge in [-0.15, -0.1) is 0 Å². The Hall–Kier alpha value is -1.91. The minimum absolute atomic E-state index is 0.0543. The highest BCUT2D eigenvalue weighted by Gasteiger charge is 2.38. The number of aromatic nitrogens is 2. The standard InChI is InChI=1S/C26H35N5O3S/c32-26(30-14-16-34-17-15-30)24-22-19-35(33)23-8-2-1-7-21(23)25(22)31(27-24)20-6-5-11-29(18-20)13-12-28-9-3-4-10-28/h1-2,7-8,20H,3-6,9-19H2/t20-,35?/m0/s1. The molecule has 4 aliphatic heterocycles. The first-order valence-corrected chi connectivity index (χ1v) is 14.4. The predicted octanol–water partition coefficient (Wildman–Crippen LogP) is 2.38. The molecule has 3 saturated heterocycles. The second-order valence-electron chi connectivity index (χ2n) is 10.2. The van der Waals surface area contributed by atoms with Gasteiger partial charge in [-0.05, 0) is 68.6 Å². The Labute approximate surface area is 210 Å². The van der Waals surface area contributed by atoms with Crippen LogP contribution >= 0.6 is 0 Å². The third-order valence-corrected chi connectivity index (χ3v) is 9.33. The molecule has 2 aromatic rings. The number of carbonyl (C=O) groups excluding carboxylic acids is 1. The first kappa shape index (κ1) is 23.5. The second-order valence-corrected chi connectivity index (χ2v) is 11.6. The Balaban J connectivity index is 1.32. The topological polar surface area (TPSA) is 76.9 Å². The zero-order chi connectivity index (χ0) is 23.8. The molecular weight excluding hydrogens is 462 g/mol. The molecule has 3 fully saturated rings. The fourth-order valence-corrected chi connectivity index (χ4v) is 7.37. The highest BCUT2D eigenvalue weighted by Crippen LogP contribution is 2.41. The number of amides is 1. The summed E-state index contributed by atoms with van der Waals surface area (Å²) in [7, 11) is 0. The van der Waals surface area contributed by atoms with Crippen molar-refractivity contribution in [2.45, 2.75) is 42.4 Å². The highest BCUT2D eigenvalue weighted by atomic mass is 32.2. The van der Waals surface area contributed by atoms with Crippen molar-refractivity contribution in [3.8, 4) is 11.3 Å². The van der Waals surface area contributed by atoms with Crippen molar-refractivity contribution in [3.63, 3.8) is 0 Å².